The minimum Gasteiger partial charge on any atom is -0.394 e. The largest absolute Gasteiger partial charge is 0.394 e. The van der Waals surface area contributed by atoms with Crippen molar-refractivity contribution in [3.63, 3.8) is 0 Å². The molecule has 0 aliphatic carbocycles. The van der Waals surface area contributed by atoms with Gasteiger partial charge < -0.3 is 20.4 Å². The van der Waals surface area contributed by atoms with Crippen molar-refractivity contribution in [1.29, 1.82) is 0 Å². The number of hydrogen-bond acceptors (Lipinski definition) is 3. The van der Waals surface area contributed by atoms with Gasteiger partial charge in [0.2, 0.25) is 0 Å². The van der Waals surface area contributed by atoms with Crippen LogP contribution in [0.25, 0.3) is 0 Å². The number of aliphatic hydroxyl groups is 2. The minimum atomic E-state index is -0.561. The number of anilines is 1. The molecule has 2 unspecified atom stereocenters. The first-order valence-corrected chi connectivity index (χ1v) is 6.58. The molecule has 0 bridgehead atoms. The lowest BCUT2D eigenvalue weighted by molar-refractivity contribution is 0.166. The number of likely N-dealkylation sites (tertiary alicyclic amines) is 1. The van der Waals surface area contributed by atoms with Crippen molar-refractivity contribution in [3.05, 3.63) is 29.8 Å². The summed E-state index contributed by atoms with van der Waals surface area (Å²) in [5.74, 6) is 0. The molecule has 1 aliphatic rings. The molecule has 19 heavy (non-hydrogen) atoms. The third-order valence-corrected chi connectivity index (χ3v) is 3.47. The number of urea groups is 1. The molecule has 1 aromatic rings. The number of carbonyl (C=O) groups excluding carboxylic acids is 1. The highest BCUT2D eigenvalue weighted by molar-refractivity contribution is 5.89. The summed E-state index contributed by atoms with van der Waals surface area (Å²) in [7, 11) is 0. The van der Waals surface area contributed by atoms with Crippen LogP contribution in [-0.4, -0.2) is 40.3 Å². The maximum atomic E-state index is 12.1. The van der Waals surface area contributed by atoms with Crippen LogP contribution in [0.4, 0.5) is 10.5 Å². The molecule has 1 aliphatic heterocycles. The number of carbonyl (C=O) groups is 1. The SMILES string of the molecule is CC(O)c1cccc(NC(=O)N2CCCC2CO)c1. The quantitative estimate of drug-likeness (QED) is 0.778. The number of nitrogens with zero attached hydrogens (tertiary/aromatic N) is 1. The number of aliphatic hydroxyl groups excluding tert-OH is 2. The first-order chi connectivity index (χ1) is 9.11. The summed E-state index contributed by atoms with van der Waals surface area (Å²) in [6, 6.07) is 6.87. The number of amides is 2. The normalized spacial score (nSPS) is 20.4. The molecule has 104 valence electrons. The Kier molecular flexibility index (Phi) is 4.39. The molecule has 5 heteroatoms. The van der Waals surface area contributed by atoms with Crippen LogP contribution in [0.2, 0.25) is 0 Å². The Morgan fingerprint density at radius 1 is 1.58 bits per heavy atom. The zero-order chi connectivity index (χ0) is 13.8. The van der Waals surface area contributed by atoms with E-state index in [1.807, 2.05) is 6.07 Å². The van der Waals surface area contributed by atoms with E-state index in [4.69, 9.17) is 0 Å². The van der Waals surface area contributed by atoms with Gasteiger partial charge in [-0.05, 0) is 37.5 Å². The number of nitrogens with one attached hydrogen (secondary N) is 1. The van der Waals surface area contributed by atoms with Crippen LogP contribution >= 0.6 is 0 Å². The average molecular weight is 264 g/mol. The molecule has 0 saturated carbocycles. The van der Waals surface area contributed by atoms with Gasteiger partial charge in [0.25, 0.3) is 0 Å². The molecule has 0 radical (unpaired) electrons. The van der Waals surface area contributed by atoms with Crippen LogP contribution in [0, 0.1) is 0 Å². The lowest BCUT2D eigenvalue weighted by Gasteiger charge is -2.23. The van der Waals surface area contributed by atoms with Crippen molar-refractivity contribution in [2.24, 2.45) is 0 Å². The summed E-state index contributed by atoms with van der Waals surface area (Å²) in [6.07, 6.45) is 1.21. The van der Waals surface area contributed by atoms with Crippen LogP contribution in [0.3, 0.4) is 0 Å². The van der Waals surface area contributed by atoms with Crippen LogP contribution in [0.15, 0.2) is 24.3 Å². The molecule has 5 nitrogen and oxygen atoms in total. The predicted octanol–water partition coefficient (Wildman–Crippen LogP) is 1.73. The van der Waals surface area contributed by atoms with Crippen LogP contribution in [-0.2, 0) is 0 Å². The predicted molar refractivity (Wildman–Crippen MR) is 72.9 cm³/mol. The average Bonchev–Trinajstić information content (AvgIpc) is 2.87. The standard InChI is InChI=1S/C14H20N2O3/c1-10(18)11-4-2-5-12(8-11)15-14(19)16-7-3-6-13(16)9-17/h2,4-5,8,10,13,17-18H,3,6-7,9H2,1H3,(H,15,19). The molecule has 1 fully saturated rings. The highest BCUT2D eigenvalue weighted by Crippen LogP contribution is 2.20. The van der Waals surface area contributed by atoms with Gasteiger partial charge in [0, 0.05) is 12.2 Å². The van der Waals surface area contributed by atoms with Crippen molar-refractivity contribution >= 4 is 11.7 Å². The Bertz CT molecular complexity index is 448. The second-order valence-electron chi connectivity index (χ2n) is 4.90. The fourth-order valence-corrected chi connectivity index (χ4v) is 2.36. The Hall–Kier alpha value is -1.59. The Balaban J connectivity index is 2.04. The van der Waals surface area contributed by atoms with Crippen molar-refractivity contribution in [1.82, 2.24) is 4.90 Å². The van der Waals surface area contributed by atoms with Crippen LogP contribution in [0.1, 0.15) is 31.4 Å². The molecular weight excluding hydrogens is 244 g/mol. The topological polar surface area (TPSA) is 72.8 Å². The first kappa shape index (κ1) is 13.8. The van der Waals surface area contributed by atoms with Crippen molar-refractivity contribution < 1.29 is 15.0 Å². The van der Waals surface area contributed by atoms with Gasteiger partial charge in [0.05, 0.1) is 18.8 Å². The third kappa shape index (κ3) is 3.24. The summed E-state index contributed by atoms with van der Waals surface area (Å²) in [6.45, 7) is 2.36. The van der Waals surface area contributed by atoms with E-state index in [0.29, 0.717) is 12.2 Å². The molecular formula is C14H20N2O3. The smallest absolute Gasteiger partial charge is 0.322 e. The maximum Gasteiger partial charge on any atom is 0.322 e. The summed E-state index contributed by atoms with van der Waals surface area (Å²) in [5, 5.41) is 21.5. The van der Waals surface area contributed by atoms with Crippen molar-refractivity contribution in [2.45, 2.75) is 31.9 Å². The highest BCUT2D eigenvalue weighted by Gasteiger charge is 2.27. The van der Waals surface area contributed by atoms with E-state index in [1.54, 1.807) is 30.0 Å². The van der Waals surface area contributed by atoms with E-state index in [1.165, 1.54) is 0 Å². The molecule has 0 spiro atoms. The molecule has 1 aromatic carbocycles. The van der Waals surface area contributed by atoms with E-state index in [-0.39, 0.29) is 18.7 Å². The molecule has 0 aromatic heterocycles. The first-order valence-electron chi connectivity index (χ1n) is 6.58. The van der Waals surface area contributed by atoms with Crippen LogP contribution < -0.4 is 5.32 Å². The zero-order valence-corrected chi connectivity index (χ0v) is 11.0. The molecule has 2 rings (SSSR count). The summed E-state index contributed by atoms with van der Waals surface area (Å²) < 4.78 is 0. The van der Waals surface area contributed by atoms with Gasteiger partial charge in [-0.3, -0.25) is 0 Å². The van der Waals surface area contributed by atoms with Gasteiger partial charge in [-0.15, -0.1) is 0 Å². The fourth-order valence-electron chi connectivity index (χ4n) is 2.36. The molecule has 2 atom stereocenters. The van der Waals surface area contributed by atoms with Gasteiger partial charge in [-0.1, -0.05) is 12.1 Å². The van der Waals surface area contributed by atoms with E-state index >= 15 is 0 Å². The monoisotopic (exact) mass is 264 g/mol. The second kappa shape index (κ2) is 6.04. The summed E-state index contributed by atoms with van der Waals surface area (Å²) in [5.41, 5.74) is 1.42. The highest BCUT2D eigenvalue weighted by atomic mass is 16.3. The number of hydrogen-bond donors (Lipinski definition) is 3. The Labute approximate surface area is 112 Å². The molecule has 1 heterocycles. The molecule has 3 N–H and O–H groups in total. The van der Waals surface area contributed by atoms with Crippen molar-refractivity contribution in [2.75, 3.05) is 18.5 Å². The zero-order valence-electron chi connectivity index (χ0n) is 11.0. The van der Waals surface area contributed by atoms with Gasteiger partial charge in [0.1, 0.15) is 0 Å². The summed E-state index contributed by atoms with van der Waals surface area (Å²) >= 11 is 0. The van der Waals surface area contributed by atoms with Crippen molar-refractivity contribution in [3.8, 4) is 0 Å². The van der Waals surface area contributed by atoms with E-state index in [2.05, 4.69) is 5.32 Å². The maximum absolute atomic E-state index is 12.1. The van der Waals surface area contributed by atoms with Gasteiger partial charge in [0.15, 0.2) is 0 Å². The van der Waals surface area contributed by atoms with Gasteiger partial charge in [-0.25, -0.2) is 4.79 Å². The van der Waals surface area contributed by atoms with Gasteiger partial charge in [-0.2, -0.15) is 0 Å². The second-order valence-corrected chi connectivity index (χ2v) is 4.90. The number of benzene rings is 1. The van der Waals surface area contributed by atoms with E-state index < -0.39 is 6.10 Å². The van der Waals surface area contributed by atoms with E-state index in [9.17, 15) is 15.0 Å². The van der Waals surface area contributed by atoms with Gasteiger partial charge >= 0.3 is 6.03 Å². The molecule has 2 amide bonds. The summed E-state index contributed by atoms with van der Waals surface area (Å²) in [4.78, 5) is 13.8. The van der Waals surface area contributed by atoms with E-state index in [0.717, 1.165) is 18.4 Å². The lowest BCUT2D eigenvalue weighted by atomic mass is 10.1. The minimum absolute atomic E-state index is 0.00112. The Morgan fingerprint density at radius 3 is 3.05 bits per heavy atom. The fraction of sp³-hybridized carbons (Fsp3) is 0.500. The Morgan fingerprint density at radius 2 is 2.37 bits per heavy atom. The third-order valence-electron chi connectivity index (χ3n) is 3.47. The molecule has 1 saturated heterocycles. The number of rotatable bonds is 3. The van der Waals surface area contributed by atoms with Crippen LogP contribution in [0.5, 0.6) is 0 Å². The lowest BCUT2D eigenvalue weighted by Crippen LogP contribution is -2.40.